The van der Waals surface area contributed by atoms with Gasteiger partial charge in [0.05, 0.1) is 30.5 Å². The number of hydrogen-bond donors (Lipinski definition) is 0. The average molecular weight is 285 g/mol. The summed E-state index contributed by atoms with van der Waals surface area (Å²) in [5.74, 6) is -0.180. The second-order valence-corrected chi connectivity index (χ2v) is 5.32. The van der Waals surface area contributed by atoms with Crippen molar-refractivity contribution in [3.05, 3.63) is 47.3 Å². The molecule has 0 N–H and O–H groups in total. The Hall–Kier alpha value is -2.17. The van der Waals surface area contributed by atoms with Gasteiger partial charge in [0.1, 0.15) is 0 Å². The molecular formula is C16H19N3O2. The zero-order chi connectivity index (χ0) is 14.7. The molecule has 1 atom stereocenters. The summed E-state index contributed by atoms with van der Waals surface area (Å²) in [5.41, 5.74) is 3.30. The van der Waals surface area contributed by atoms with Crippen molar-refractivity contribution in [3.63, 3.8) is 0 Å². The lowest BCUT2D eigenvalue weighted by Gasteiger charge is -2.20. The number of carbonyl (C=O) groups excluding carboxylic acids is 1. The molecule has 1 aromatic heterocycles. The van der Waals surface area contributed by atoms with E-state index in [2.05, 4.69) is 22.4 Å². The summed E-state index contributed by atoms with van der Waals surface area (Å²) in [6.07, 6.45) is 2.29. The smallest absolute Gasteiger partial charge is 0.309 e. The molecule has 5 heteroatoms. The Morgan fingerprint density at radius 3 is 2.95 bits per heavy atom. The minimum absolute atomic E-state index is 0.0701. The molecule has 0 spiro atoms. The summed E-state index contributed by atoms with van der Waals surface area (Å²) in [5, 5.41) is 8.50. The van der Waals surface area contributed by atoms with Crippen LogP contribution in [-0.2, 0) is 28.9 Å². The molecule has 21 heavy (non-hydrogen) atoms. The van der Waals surface area contributed by atoms with Gasteiger partial charge in [-0.2, -0.15) is 0 Å². The van der Waals surface area contributed by atoms with Gasteiger partial charge >= 0.3 is 5.97 Å². The van der Waals surface area contributed by atoms with Gasteiger partial charge in [-0.25, -0.2) is 4.68 Å². The fourth-order valence-electron chi connectivity index (χ4n) is 2.79. The largest absolute Gasteiger partial charge is 0.466 e. The Balaban J connectivity index is 1.73. The zero-order valence-electron chi connectivity index (χ0n) is 12.2. The highest BCUT2D eigenvalue weighted by Gasteiger charge is 2.29. The highest BCUT2D eigenvalue weighted by atomic mass is 16.5. The first-order chi connectivity index (χ1) is 10.3. The number of aromatic nitrogens is 3. The van der Waals surface area contributed by atoms with Gasteiger partial charge in [0.2, 0.25) is 0 Å². The fourth-order valence-corrected chi connectivity index (χ4v) is 2.79. The number of rotatable bonds is 4. The number of fused-ring (bicyclic) bond motifs is 1. The number of carbonyl (C=O) groups is 1. The van der Waals surface area contributed by atoms with E-state index < -0.39 is 0 Å². The molecule has 1 heterocycles. The highest BCUT2D eigenvalue weighted by Crippen LogP contribution is 2.25. The van der Waals surface area contributed by atoms with Crippen molar-refractivity contribution < 1.29 is 9.53 Å². The summed E-state index contributed by atoms with van der Waals surface area (Å²) < 4.78 is 7.06. The number of benzene rings is 1. The summed E-state index contributed by atoms with van der Waals surface area (Å²) in [6, 6.07) is 10.2. The molecule has 0 aliphatic heterocycles. The summed E-state index contributed by atoms with van der Waals surface area (Å²) in [6.45, 7) is 3.00. The van der Waals surface area contributed by atoms with Crippen LogP contribution in [0.3, 0.4) is 0 Å². The number of ether oxygens (including phenoxy) is 1. The van der Waals surface area contributed by atoms with Gasteiger partial charge in [-0.05, 0) is 25.3 Å². The van der Waals surface area contributed by atoms with Crippen LogP contribution in [0.4, 0.5) is 0 Å². The van der Waals surface area contributed by atoms with Crippen LogP contribution in [-0.4, -0.2) is 27.6 Å². The SMILES string of the molecule is CCOC(=O)[C@H]1CCc2c(nnn2Cc2ccccc2)C1. The van der Waals surface area contributed by atoms with Crippen LogP contribution in [0.1, 0.15) is 30.3 Å². The minimum atomic E-state index is -0.110. The number of hydrogen-bond acceptors (Lipinski definition) is 4. The van der Waals surface area contributed by atoms with E-state index in [1.165, 1.54) is 5.56 Å². The number of nitrogens with zero attached hydrogens (tertiary/aromatic N) is 3. The Bertz CT molecular complexity index is 622. The molecule has 0 saturated heterocycles. The van der Waals surface area contributed by atoms with Crippen molar-refractivity contribution in [1.29, 1.82) is 0 Å². The van der Waals surface area contributed by atoms with Gasteiger partial charge < -0.3 is 4.74 Å². The van der Waals surface area contributed by atoms with Gasteiger partial charge in [0.25, 0.3) is 0 Å². The van der Waals surface area contributed by atoms with Crippen molar-refractivity contribution in [3.8, 4) is 0 Å². The molecule has 3 rings (SSSR count). The van der Waals surface area contributed by atoms with Gasteiger partial charge in [-0.3, -0.25) is 4.79 Å². The lowest BCUT2D eigenvalue weighted by atomic mass is 9.89. The van der Waals surface area contributed by atoms with Crippen molar-refractivity contribution in [1.82, 2.24) is 15.0 Å². The average Bonchev–Trinajstić information content (AvgIpc) is 2.91. The van der Waals surface area contributed by atoms with Crippen LogP contribution in [0.2, 0.25) is 0 Å². The summed E-state index contributed by atoms with van der Waals surface area (Å²) in [7, 11) is 0. The van der Waals surface area contributed by atoms with Crippen LogP contribution in [0.25, 0.3) is 0 Å². The highest BCUT2D eigenvalue weighted by molar-refractivity contribution is 5.73. The Morgan fingerprint density at radius 1 is 1.38 bits per heavy atom. The quantitative estimate of drug-likeness (QED) is 0.806. The summed E-state index contributed by atoms with van der Waals surface area (Å²) in [4.78, 5) is 11.8. The van der Waals surface area contributed by atoms with Gasteiger partial charge in [-0.15, -0.1) is 5.10 Å². The standard InChI is InChI=1S/C16H19N3O2/c1-2-21-16(20)13-8-9-15-14(10-13)17-18-19(15)11-12-6-4-3-5-7-12/h3-7,13H,2,8-11H2,1H3/t13-/m0/s1. The maximum Gasteiger partial charge on any atom is 0.309 e. The van der Waals surface area contributed by atoms with E-state index in [1.54, 1.807) is 0 Å². The Labute approximate surface area is 123 Å². The third-order valence-electron chi connectivity index (χ3n) is 3.88. The van der Waals surface area contributed by atoms with Crippen molar-refractivity contribution >= 4 is 5.97 Å². The lowest BCUT2D eigenvalue weighted by molar-refractivity contribution is -0.148. The van der Waals surface area contributed by atoms with Gasteiger partial charge in [0, 0.05) is 6.42 Å². The molecule has 0 radical (unpaired) electrons. The van der Waals surface area contributed by atoms with Crippen LogP contribution >= 0.6 is 0 Å². The van der Waals surface area contributed by atoms with Crippen LogP contribution in [0, 0.1) is 5.92 Å². The monoisotopic (exact) mass is 285 g/mol. The van der Waals surface area contributed by atoms with E-state index in [9.17, 15) is 4.79 Å². The minimum Gasteiger partial charge on any atom is -0.466 e. The van der Waals surface area contributed by atoms with E-state index in [0.717, 1.165) is 30.8 Å². The molecule has 1 aliphatic rings. The molecule has 0 bridgehead atoms. The third-order valence-corrected chi connectivity index (χ3v) is 3.88. The van der Waals surface area contributed by atoms with E-state index in [4.69, 9.17) is 4.74 Å². The topological polar surface area (TPSA) is 57.0 Å². The second kappa shape index (κ2) is 6.08. The maximum atomic E-state index is 11.8. The lowest BCUT2D eigenvalue weighted by Crippen LogP contribution is -2.25. The zero-order valence-corrected chi connectivity index (χ0v) is 12.2. The Kier molecular flexibility index (Phi) is 3.99. The Morgan fingerprint density at radius 2 is 2.19 bits per heavy atom. The van der Waals surface area contributed by atoms with Crippen LogP contribution in [0.15, 0.2) is 30.3 Å². The molecule has 2 aromatic rings. The molecule has 1 aromatic carbocycles. The van der Waals surface area contributed by atoms with Crippen molar-refractivity contribution in [2.45, 2.75) is 32.7 Å². The molecule has 110 valence electrons. The summed E-state index contributed by atoms with van der Waals surface area (Å²) >= 11 is 0. The van der Waals surface area contributed by atoms with E-state index in [0.29, 0.717) is 13.0 Å². The van der Waals surface area contributed by atoms with Crippen LogP contribution in [0.5, 0.6) is 0 Å². The first kappa shape index (κ1) is 13.8. The predicted octanol–water partition coefficient (Wildman–Crippen LogP) is 1.99. The first-order valence-electron chi connectivity index (χ1n) is 7.39. The van der Waals surface area contributed by atoms with E-state index in [1.807, 2.05) is 29.8 Å². The molecule has 0 amide bonds. The fraction of sp³-hybridized carbons (Fsp3) is 0.438. The first-order valence-corrected chi connectivity index (χ1v) is 7.39. The third kappa shape index (κ3) is 2.96. The predicted molar refractivity (Wildman–Crippen MR) is 77.7 cm³/mol. The molecule has 5 nitrogen and oxygen atoms in total. The van der Waals surface area contributed by atoms with Gasteiger partial charge in [0.15, 0.2) is 0 Å². The second-order valence-electron chi connectivity index (χ2n) is 5.32. The van der Waals surface area contributed by atoms with Crippen molar-refractivity contribution in [2.75, 3.05) is 6.61 Å². The molecule has 1 aliphatic carbocycles. The van der Waals surface area contributed by atoms with E-state index in [-0.39, 0.29) is 11.9 Å². The molecule has 0 unspecified atom stereocenters. The van der Waals surface area contributed by atoms with Crippen LogP contribution < -0.4 is 0 Å². The molecule has 0 saturated carbocycles. The molecular weight excluding hydrogens is 266 g/mol. The van der Waals surface area contributed by atoms with Crippen molar-refractivity contribution in [2.24, 2.45) is 5.92 Å². The maximum absolute atomic E-state index is 11.8. The normalized spacial score (nSPS) is 17.3. The van der Waals surface area contributed by atoms with Gasteiger partial charge in [-0.1, -0.05) is 35.5 Å². The number of esters is 1. The molecule has 0 fully saturated rings. The van der Waals surface area contributed by atoms with E-state index >= 15 is 0 Å².